The van der Waals surface area contributed by atoms with E-state index in [0.717, 1.165) is 36.3 Å². The Morgan fingerprint density at radius 1 is 1.05 bits per heavy atom. The molecule has 0 unspecified atom stereocenters. The Balaban J connectivity index is 3.07. The van der Waals surface area contributed by atoms with Crippen LogP contribution in [0, 0.1) is 0 Å². The summed E-state index contributed by atoms with van der Waals surface area (Å²) in [6.45, 7) is 11.3. The van der Waals surface area contributed by atoms with Crippen molar-refractivity contribution in [1.29, 1.82) is 0 Å². The molecule has 0 bridgehead atoms. The molecule has 0 spiro atoms. The van der Waals surface area contributed by atoms with Crippen molar-refractivity contribution in [3.8, 4) is 0 Å². The Morgan fingerprint density at radius 3 is 1.89 bits per heavy atom. The van der Waals surface area contributed by atoms with Gasteiger partial charge in [0.1, 0.15) is 5.70 Å². The Hall–Kier alpha value is -1.03. The second-order valence-corrected chi connectivity index (χ2v) is 7.33. The molecule has 0 heterocycles. The molecule has 0 aromatic heterocycles. The van der Waals surface area contributed by atoms with Gasteiger partial charge in [-0.2, -0.15) is 0 Å². The van der Waals surface area contributed by atoms with Gasteiger partial charge in [0.25, 0.3) is 5.91 Å². The first-order valence-corrected chi connectivity index (χ1v) is 7.04. The van der Waals surface area contributed by atoms with Crippen molar-refractivity contribution in [2.24, 2.45) is 0 Å². The van der Waals surface area contributed by atoms with Gasteiger partial charge in [-0.3, -0.25) is 4.79 Å². The van der Waals surface area contributed by atoms with Gasteiger partial charge in [0.2, 0.25) is 0 Å². The number of carbonyl (C=O) groups excluding carboxylic acids is 1. The smallest absolute Gasteiger partial charge is 0.270 e. The maximum atomic E-state index is 12.5. The summed E-state index contributed by atoms with van der Waals surface area (Å²) in [5.74, 6) is -0.241. The van der Waals surface area contributed by atoms with E-state index in [1.54, 1.807) is 0 Å². The van der Waals surface area contributed by atoms with Crippen LogP contribution in [-0.4, -0.2) is 22.0 Å². The van der Waals surface area contributed by atoms with Crippen molar-refractivity contribution in [2.45, 2.75) is 78.3 Å². The third-order valence-electron chi connectivity index (χ3n) is 3.06. The van der Waals surface area contributed by atoms with E-state index in [4.69, 9.17) is 0 Å². The molecule has 1 aliphatic rings. The zero-order valence-corrected chi connectivity index (χ0v) is 13.1. The fourth-order valence-electron chi connectivity index (χ4n) is 2.17. The topological polar surface area (TPSA) is 52.2 Å². The molecule has 0 aliphatic heterocycles. The Morgan fingerprint density at radius 2 is 1.53 bits per heavy atom. The number of amides is 1. The first kappa shape index (κ1) is 16.0. The predicted molar refractivity (Wildman–Crippen MR) is 75.7 cm³/mol. The van der Waals surface area contributed by atoms with E-state index in [1.807, 2.05) is 41.5 Å². The number of nitrogens with one attached hydrogen (secondary N) is 1. The van der Waals surface area contributed by atoms with E-state index < -0.39 is 5.54 Å². The van der Waals surface area contributed by atoms with Crippen molar-refractivity contribution in [3.05, 3.63) is 11.3 Å². The number of hydroxylamine groups is 2. The highest BCUT2D eigenvalue weighted by Crippen LogP contribution is 2.31. The summed E-state index contributed by atoms with van der Waals surface area (Å²) < 4.78 is 0. The maximum Gasteiger partial charge on any atom is 0.270 e. The fraction of sp³-hybridized carbons (Fsp3) is 0.800. The van der Waals surface area contributed by atoms with Gasteiger partial charge in [-0.25, -0.2) is 5.06 Å². The molecule has 1 rings (SSSR count). The number of hydrogen-bond donors (Lipinski definition) is 1. The normalized spacial score (nSPS) is 16.5. The SMILES string of the molecule is CC(C)(C)NC(=O)C(=C1CCCC1)N([O])C(C)(C)C. The maximum absolute atomic E-state index is 12.5. The summed E-state index contributed by atoms with van der Waals surface area (Å²) in [6.07, 6.45) is 3.86. The zero-order chi connectivity index (χ0) is 14.8. The van der Waals surface area contributed by atoms with E-state index in [-0.39, 0.29) is 11.4 Å². The minimum Gasteiger partial charge on any atom is -0.346 e. The Kier molecular flexibility index (Phi) is 4.67. The lowest BCUT2D eigenvalue weighted by Crippen LogP contribution is -2.48. The molecule has 0 aromatic carbocycles. The third-order valence-corrected chi connectivity index (χ3v) is 3.06. The minimum absolute atomic E-state index is 0.241. The van der Waals surface area contributed by atoms with E-state index >= 15 is 0 Å². The van der Waals surface area contributed by atoms with E-state index in [1.165, 1.54) is 0 Å². The highest BCUT2D eigenvalue weighted by atomic mass is 16.5. The molecule has 0 aromatic rings. The number of hydrogen-bond acceptors (Lipinski definition) is 2. The van der Waals surface area contributed by atoms with Crippen LogP contribution in [0.2, 0.25) is 0 Å². The third kappa shape index (κ3) is 4.53. The monoisotopic (exact) mass is 267 g/mol. The van der Waals surface area contributed by atoms with Crippen molar-refractivity contribution in [1.82, 2.24) is 10.4 Å². The average Bonchev–Trinajstić information content (AvgIpc) is 2.66. The first-order valence-electron chi connectivity index (χ1n) is 7.04. The molecule has 1 amide bonds. The van der Waals surface area contributed by atoms with Crippen LogP contribution in [0.4, 0.5) is 0 Å². The van der Waals surface area contributed by atoms with Gasteiger partial charge < -0.3 is 5.32 Å². The molecule has 0 saturated heterocycles. The molecule has 19 heavy (non-hydrogen) atoms. The van der Waals surface area contributed by atoms with Crippen LogP contribution >= 0.6 is 0 Å². The predicted octanol–water partition coefficient (Wildman–Crippen LogP) is 3.18. The molecule has 1 N–H and O–H groups in total. The highest BCUT2D eigenvalue weighted by Gasteiger charge is 2.32. The molecule has 4 heteroatoms. The first-order chi connectivity index (χ1) is 8.52. The van der Waals surface area contributed by atoms with Crippen molar-refractivity contribution >= 4 is 5.91 Å². The van der Waals surface area contributed by atoms with Crippen molar-refractivity contribution < 1.29 is 10.0 Å². The molecule has 0 atom stereocenters. The molecule has 109 valence electrons. The summed E-state index contributed by atoms with van der Waals surface area (Å²) in [4.78, 5) is 12.4. The summed E-state index contributed by atoms with van der Waals surface area (Å²) in [5.41, 5.74) is 0.409. The van der Waals surface area contributed by atoms with Gasteiger partial charge in [0, 0.05) is 5.54 Å². The van der Waals surface area contributed by atoms with Gasteiger partial charge >= 0.3 is 0 Å². The number of carbonyl (C=O) groups is 1. The fourth-order valence-corrected chi connectivity index (χ4v) is 2.17. The Labute approximate surface area is 116 Å². The summed E-state index contributed by atoms with van der Waals surface area (Å²) in [7, 11) is 0. The van der Waals surface area contributed by atoms with Gasteiger partial charge in [-0.05, 0) is 72.8 Å². The van der Waals surface area contributed by atoms with Gasteiger partial charge in [-0.1, -0.05) is 5.21 Å². The van der Waals surface area contributed by atoms with Crippen molar-refractivity contribution in [3.63, 3.8) is 0 Å². The van der Waals surface area contributed by atoms with E-state index in [2.05, 4.69) is 5.32 Å². The molecule has 1 fully saturated rings. The second-order valence-electron chi connectivity index (χ2n) is 7.33. The molecular formula is C15H27N2O2. The molecular weight excluding hydrogens is 240 g/mol. The van der Waals surface area contributed by atoms with Crippen LogP contribution in [0.15, 0.2) is 11.3 Å². The number of rotatable bonds is 2. The summed E-state index contributed by atoms with van der Waals surface area (Å²) in [5, 5.41) is 16.3. The molecule has 1 radical (unpaired) electrons. The standard InChI is InChI=1S/C15H27N2O2/c1-14(2,3)16-13(18)12(11-9-7-8-10-11)17(19)15(4,5)6/h7-10H2,1-6H3,(H,16,18). The van der Waals surface area contributed by atoms with Crippen LogP contribution in [0.5, 0.6) is 0 Å². The molecule has 1 saturated carbocycles. The second kappa shape index (κ2) is 5.53. The Bertz CT molecular complexity index is 365. The quantitative estimate of drug-likeness (QED) is 0.617. The van der Waals surface area contributed by atoms with Gasteiger partial charge in [0.15, 0.2) is 0 Å². The number of allylic oxidation sites excluding steroid dienone is 1. The lowest BCUT2D eigenvalue weighted by molar-refractivity contribution is -0.188. The largest absolute Gasteiger partial charge is 0.346 e. The van der Waals surface area contributed by atoms with Gasteiger partial charge in [-0.15, -0.1) is 0 Å². The van der Waals surface area contributed by atoms with E-state index in [0.29, 0.717) is 5.70 Å². The van der Waals surface area contributed by atoms with E-state index in [9.17, 15) is 10.0 Å². The summed E-state index contributed by atoms with van der Waals surface area (Å²) >= 11 is 0. The lowest BCUT2D eigenvalue weighted by atomic mass is 10.0. The average molecular weight is 267 g/mol. The van der Waals surface area contributed by atoms with Crippen LogP contribution in [0.25, 0.3) is 0 Å². The zero-order valence-electron chi connectivity index (χ0n) is 13.1. The minimum atomic E-state index is -0.597. The van der Waals surface area contributed by atoms with Crippen LogP contribution in [-0.2, 0) is 10.0 Å². The summed E-state index contributed by atoms with van der Waals surface area (Å²) in [6, 6.07) is 0. The van der Waals surface area contributed by atoms with Crippen LogP contribution in [0.1, 0.15) is 67.2 Å². The lowest BCUT2D eigenvalue weighted by Gasteiger charge is -2.33. The molecule has 1 aliphatic carbocycles. The van der Waals surface area contributed by atoms with Crippen LogP contribution < -0.4 is 5.32 Å². The van der Waals surface area contributed by atoms with Crippen LogP contribution in [0.3, 0.4) is 0 Å². The van der Waals surface area contributed by atoms with Crippen molar-refractivity contribution in [2.75, 3.05) is 0 Å². The van der Waals surface area contributed by atoms with Gasteiger partial charge in [0.05, 0.1) is 5.54 Å². The number of nitrogens with zero attached hydrogens (tertiary/aromatic N) is 1. The molecule has 4 nitrogen and oxygen atoms in total. The highest BCUT2D eigenvalue weighted by molar-refractivity contribution is 5.94.